The number of amides is 1. The number of aromatic nitrogens is 1. The summed E-state index contributed by atoms with van der Waals surface area (Å²) in [6.45, 7) is 0.127. The lowest BCUT2D eigenvalue weighted by Crippen LogP contribution is -2.30. The number of carbonyl (C=O) groups is 1. The molecule has 4 aromatic rings. The van der Waals surface area contributed by atoms with Crippen molar-refractivity contribution in [3.05, 3.63) is 78.0 Å². The fourth-order valence-corrected chi connectivity index (χ4v) is 4.41. The molecule has 0 atom stereocenters. The van der Waals surface area contributed by atoms with Crippen LogP contribution in [0, 0.1) is 5.82 Å². The van der Waals surface area contributed by atoms with Gasteiger partial charge in [-0.05, 0) is 54.6 Å². The highest BCUT2D eigenvalue weighted by atomic mass is 32.2. The van der Waals surface area contributed by atoms with Crippen molar-refractivity contribution >= 4 is 42.4 Å². The highest BCUT2D eigenvalue weighted by molar-refractivity contribution is 7.90. The molecule has 2 aromatic carbocycles. The van der Waals surface area contributed by atoms with E-state index in [4.69, 9.17) is 4.42 Å². The quantitative estimate of drug-likeness (QED) is 0.472. The van der Waals surface area contributed by atoms with E-state index in [1.54, 1.807) is 18.2 Å². The van der Waals surface area contributed by atoms with Crippen LogP contribution in [0.5, 0.6) is 0 Å². The van der Waals surface area contributed by atoms with Crippen LogP contribution in [0.4, 0.5) is 9.52 Å². The molecule has 0 radical (unpaired) electrons. The maximum atomic E-state index is 13.5. The van der Waals surface area contributed by atoms with Crippen molar-refractivity contribution in [3.8, 4) is 0 Å². The molecule has 4 rings (SSSR count). The lowest BCUT2D eigenvalue weighted by Gasteiger charge is -2.19. The summed E-state index contributed by atoms with van der Waals surface area (Å²) in [6.07, 6.45) is 2.61. The van der Waals surface area contributed by atoms with Crippen molar-refractivity contribution < 1.29 is 22.0 Å². The van der Waals surface area contributed by atoms with Crippen molar-refractivity contribution in [2.24, 2.45) is 0 Å². The van der Waals surface area contributed by atoms with Gasteiger partial charge in [-0.2, -0.15) is 0 Å². The van der Waals surface area contributed by atoms with E-state index in [9.17, 15) is 17.6 Å². The van der Waals surface area contributed by atoms with Crippen LogP contribution < -0.4 is 4.90 Å². The summed E-state index contributed by atoms with van der Waals surface area (Å²) in [5.74, 6) is -0.203. The first-order valence-corrected chi connectivity index (χ1v) is 11.2. The average molecular weight is 430 g/mol. The number of thiazole rings is 1. The topological polar surface area (TPSA) is 80.5 Å². The third-order valence-electron chi connectivity index (χ3n) is 4.24. The molecule has 0 spiro atoms. The van der Waals surface area contributed by atoms with E-state index in [2.05, 4.69) is 4.98 Å². The Hall–Kier alpha value is -3.04. The third kappa shape index (κ3) is 4.06. The van der Waals surface area contributed by atoms with Gasteiger partial charge in [0.05, 0.1) is 27.9 Å². The molecule has 9 heteroatoms. The lowest BCUT2D eigenvalue weighted by atomic mass is 10.2. The molecular formula is C20H15FN2O4S2. The number of halogens is 1. The number of carbonyl (C=O) groups excluding carboxylic acids is 1. The second-order valence-corrected chi connectivity index (χ2v) is 9.40. The van der Waals surface area contributed by atoms with Crippen LogP contribution in [0.3, 0.4) is 0 Å². The lowest BCUT2D eigenvalue weighted by molar-refractivity contribution is 0.0983. The summed E-state index contributed by atoms with van der Waals surface area (Å²) >= 11 is 1.19. The smallest absolute Gasteiger partial charge is 0.260 e. The number of sulfone groups is 1. The molecule has 0 unspecified atom stereocenters. The van der Waals surface area contributed by atoms with E-state index < -0.39 is 9.84 Å². The SMILES string of the molecule is CS(=O)(=O)c1ccc(C(=O)N(Cc2ccco2)c2nc3ccc(F)cc3s2)cc1. The Bertz CT molecular complexity index is 1280. The van der Waals surface area contributed by atoms with Crippen LogP contribution in [-0.2, 0) is 16.4 Å². The molecule has 0 saturated carbocycles. The van der Waals surface area contributed by atoms with Gasteiger partial charge in [0.1, 0.15) is 11.6 Å². The Balaban J connectivity index is 1.74. The number of hydrogen-bond acceptors (Lipinski definition) is 6. The normalized spacial score (nSPS) is 11.7. The average Bonchev–Trinajstić information content (AvgIpc) is 3.34. The summed E-state index contributed by atoms with van der Waals surface area (Å²) in [4.78, 5) is 19.2. The molecule has 148 valence electrons. The van der Waals surface area contributed by atoms with Gasteiger partial charge in [0, 0.05) is 11.8 Å². The fraction of sp³-hybridized carbons (Fsp3) is 0.100. The van der Waals surface area contributed by atoms with E-state index in [1.165, 1.54) is 58.9 Å². The first-order chi connectivity index (χ1) is 13.8. The second kappa shape index (κ2) is 7.41. The van der Waals surface area contributed by atoms with Gasteiger partial charge in [-0.25, -0.2) is 17.8 Å². The molecular weight excluding hydrogens is 415 g/mol. The summed E-state index contributed by atoms with van der Waals surface area (Å²) in [7, 11) is -3.37. The Morgan fingerprint density at radius 2 is 1.93 bits per heavy atom. The monoisotopic (exact) mass is 430 g/mol. The molecule has 0 fully saturated rings. The maximum Gasteiger partial charge on any atom is 0.260 e. The van der Waals surface area contributed by atoms with E-state index in [-0.39, 0.29) is 23.2 Å². The number of benzene rings is 2. The van der Waals surface area contributed by atoms with Gasteiger partial charge in [0.2, 0.25) is 0 Å². The first kappa shape index (κ1) is 19.3. The van der Waals surface area contributed by atoms with Crippen molar-refractivity contribution in [1.82, 2.24) is 4.98 Å². The molecule has 29 heavy (non-hydrogen) atoms. The zero-order chi connectivity index (χ0) is 20.6. The molecule has 0 aliphatic heterocycles. The highest BCUT2D eigenvalue weighted by Gasteiger charge is 2.23. The first-order valence-electron chi connectivity index (χ1n) is 8.52. The highest BCUT2D eigenvalue weighted by Crippen LogP contribution is 2.31. The van der Waals surface area contributed by atoms with Gasteiger partial charge in [-0.15, -0.1) is 0 Å². The Labute approximate surface area is 170 Å². The molecule has 0 bridgehead atoms. The molecule has 1 amide bonds. The largest absolute Gasteiger partial charge is 0.467 e. The van der Waals surface area contributed by atoms with Crippen LogP contribution in [0.15, 0.2) is 70.2 Å². The number of rotatable bonds is 5. The van der Waals surface area contributed by atoms with E-state index in [0.717, 1.165) is 6.26 Å². The van der Waals surface area contributed by atoms with Gasteiger partial charge in [0.15, 0.2) is 15.0 Å². The number of anilines is 1. The van der Waals surface area contributed by atoms with Crippen LogP contribution in [0.2, 0.25) is 0 Å². The fourth-order valence-electron chi connectivity index (χ4n) is 2.79. The summed E-state index contributed by atoms with van der Waals surface area (Å²) in [6, 6.07) is 13.4. The number of nitrogens with zero attached hydrogens (tertiary/aromatic N) is 2. The van der Waals surface area contributed by atoms with Crippen LogP contribution >= 0.6 is 11.3 Å². The number of furan rings is 1. The minimum Gasteiger partial charge on any atom is -0.467 e. The van der Waals surface area contributed by atoms with Gasteiger partial charge in [-0.1, -0.05) is 11.3 Å². The van der Waals surface area contributed by atoms with Gasteiger partial charge >= 0.3 is 0 Å². The zero-order valence-electron chi connectivity index (χ0n) is 15.2. The molecule has 0 saturated heterocycles. The van der Waals surface area contributed by atoms with Crippen molar-refractivity contribution in [1.29, 1.82) is 0 Å². The van der Waals surface area contributed by atoms with Crippen LogP contribution in [0.25, 0.3) is 10.2 Å². The Kier molecular flexibility index (Phi) is 4.93. The van der Waals surface area contributed by atoms with Crippen LogP contribution in [0.1, 0.15) is 16.1 Å². The zero-order valence-corrected chi connectivity index (χ0v) is 16.8. The van der Waals surface area contributed by atoms with E-state index in [1.807, 2.05) is 0 Å². The second-order valence-electron chi connectivity index (χ2n) is 6.38. The molecule has 0 aliphatic carbocycles. The third-order valence-corrected chi connectivity index (χ3v) is 6.41. The predicted molar refractivity (Wildman–Crippen MR) is 108 cm³/mol. The molecule has 0 N–H and O–H groups in total. The summed E-state index contributed by atoms with van der Waals surface area (Å²) in [5, 5.41) is 0.388. The van der Waals surface area contributed by atoms with E-state index in [0.29, 0.717) is 26.7 Å². The molecule has 6 nitrogen and oxygen atoms in total. The number of fused-ring (bicyclic) bond motifs is 1. The van der Waals surface area contributed by atoms with Gasteiger partial charge in [-0.3, -0.25) is 9.69 Å². The molecule has 0 aliphatic rings. The summed E-state index contributed by atoms with van der Waals surface area (Å²) < 4.78 is 42.9. The molecule has 2 aromatic heterocycles. The summed E-state index contributed by atoms with van der Waals surface area (Å²) in [5.41, 5.74) is 0.880. The Morgan fingerprint density at radius 3 is 2.59 bits per heavy atom. The van der Waals surface area contributed by atoms with Crippen LogP contribution in [-0.4, -0.2) is 25.6 Å². The molecule has 2 heterocycles. The Morgan fingerprint density at radius 1 is 1.17 bits per heavy atom. The minimum absolute atomic E-state index is 0.127. The van der Waals surface area contributed by atoms with Gasteiger partial charge < -0.3 is 4.42 Å². The van der Waals surface area contributed by atoms with Gasteiger partial charge in [0.25, 0.3) is 5.91 Å². The van der Waals surface area contributed by atoms with E-state index >= 15 is 0 Å². The standard InChI is InChI=1S/C20H15FN2O4S2/c1-29(25,26)16-7-4-13(5-8-16)19(24)23(12-15-3-2-10-27-15)20-22-17-9-6-14(21)11-18(17)28-20/h2-11H,12H2,1H3. The minimum atomic E-state index is -3.37. The number of hydrogen-bond donors (Lipinski definition) is 0. The van der Waals surface area contributed by atoms with Crippen molar-refractivity contribution in [3.63, 3.8) is 0 Å². The van der Waals surface area contributed by atoms with Crippen molar-refractivity contribution in [2.75, 3.05) is 11.2 Å². The maximum absolute atomic E-state index is 13.5. The predicted octanol–water partition coefficient (Wildman–Crippen LogP) is 4.28. The van der Waals surface area contributed by atoms with Crippen molar-refractivity contribution in [2.45, 2.75) is 11.4 Å².